The van der Waals surface area contributed by atoms with E-state index in [-0.39, 0.29) is 11.9 Å². The van der Waals surface area contributed by atoms with Gasteiger partial charge in [0.05, 0.1) is 20.3 Å². The second kappa shape index (κ2) is 8.18. The summed E-state index contributed by atoms with van der Waals surface area (Å²) in [7, 11) is 3.24. The Labute approximate surface area is 169 Å². The predicted molar refractivity (Wildman–Crippen MR) is 110 cm³/mol. The Morgan fingerprint density at radius 1 is 1.03 bits per heavy atom. The van der Waals surface area contributed by atoms with Gasteiger partial charge in [-0.05, 0) is 60.4 Å². The molecule has 0 saturated heterocycles. The highest BCUT2D eigenvalue weighted by Crippen LogP contribution is 2.39. The minimum Gasteiger partial charge on any atom is -0.493 e. The summed E-state index contributed by atoms with van der Waals surface area (Å²) in [4.78, 5) is 21.2. The van der Waals surface area contributed by atoms with Gasteiger partial charge in [-0.25, -0.2) is 9.97 Å². The van der Waals surface area contributed by atoms with E-state index in [1.54, 1.807) is 44.8 Å². The van der Waals surface area contributed by atoms with Crippen LogP contribution in [-0.2, 0) is 6.42 Å². The lowest BCUT2D eigenvalue weighted by Crippen LogP contribution is -2.27. The highest BCUT2D eigenvalue weighted by Gasteiger charge is 2.26. The van der Waals surface area contributed by atoms with E-state index in [0.29, 0.717) is 23.0 Å². The Morgan fingerprint density at radius 2 is 1.79 bits per heavy atom. The summed E-state index contributed by atoms with van der Waals surface area (Å²) in [6, 6.07) is 12.9. The topological polar surface area (TPSA) is 85.4 Å². The van der Waals surface area contributed by atoms with Gasteiger partial charge in [0.2, 0.25) is 5.95 Å². The fourth-order valence-corrected chi connectivity index (χ4v) is 3.56. The summed E-state index contributed by atoms with van der Waals surface area (Å²) >= 11 is 0. The third kappa shape index (κ3) is 3.99. The highest BCUT2D eigenvalue weighted by atomic mass is 16.5. The number of aromatic nitrogens is 2. The zero-order valence-corrected chi connectivity index (χ0v) is 16.3. The molecule has 0 aliphatic heterocycles. The molecule has 2 N–H and O–H groups in total. The van der Waals surface area contributed by atoms with E-state index in [1.165, 1.54) is 5.56 Å². The molecule has 29 heavy (non-hydrogen) atoms. The zero-order chi connectivity index (χ0) is 20.2. The molecule has 1 aliphatic rings. The Balaban J connectivity index is 1.51. The van der Waals surface area contributed by atoms with E-state index >= 15 is 0 Å². The first-order chi connectivity index (χ1) is 14.2. The van der Waals surface area contributed by atoms with Gasteiger partial charge in [0.1, 0.15) is 0 Å². The van der Waals surface area contributed by atoms with Crippen molar-refractivity contribution in [3.63, 3.8) is 0 Å². The number of anilines is 2. The number of benzene rings is 2. The van der Waals surface area contributed by atoms with Crippen LogP contribution in [0.1, 0.15) is 33.9 Å². The number of carbonyl (C=O) groups excluding carboxylic acids is 1. The van der Waals surface area contributed by atoms with Crippen molar-refractivity contribution in [2.45, 2.75) is 18.9 Å². The normalized spacial score (nSPS) is 14.8. The van der Waals surface area contributed by atoms with Gasteiger partial charge in [-0.2, -0.15) is 0 Å². The second-order valence-electron chi connectivity index (χ2n) is 6.75. The smallest absolute Gasteiger partial charge is 0.251 e. The number of rotatable bonds is 6. The quantitative estimate of drug-likeness (QED) is 0.668. The molecule has 0 radical (unpaired) electrons. The summed E-state index contributed by atoms with van der Waals surface area (Å²) < 4.78 is 10.8. The summed E-state index contributed by atoms with van der Waals surface area (Å²) in [5.41, 5.74) is 3.56. The number of amides is 1. The molecule has 0 bridgehead atoms. The molecule has 0 fully saturated rings. The number of hydrogen-bond acceptors (Lipinski definition) is 6. The van der Waals surface area contributed by atoms with Crippen molar-refractivity contribution in [2.24, 2.45) is 0 Å². The van der Waals surface area contributed by atoms with Gasteiger partial charge in [-0.15, -0.1) is 0 Å². The molecule has 1 amide bonds. The molecule has 7 nitrogen and oxygen atoms in total. The Bertz CT molecular complexity index is 1020. The molecular weight excluding hydrogens is 368 g/mol. The van der Waals surface area contributed by atoms with Crippen LogP contribution in [0.15, 0.2) is 54.9 Å². The van der Waals surface area contributed by atoms with Gasteiger partial charge in [0, 0.05) is 23.6 Å². The van der Waals surface area contributed by atoms with Gasteiger partial charge >= 0.3 is 0 Å². The molecular formula is C22H22N4O3. The third-order valence-electron chi connectivity index (χ3n) is 4.98. The third-order valence-corrected chi connectivity index (χ3v) is 4.98. The lowest BCUT2D eigenvalue weighted by Gasteiger charge is -2.16. The average Bonchev–Trinajstić information content (AvgIpc) is 3.15. The number of hydrogen-bond donors (Lipinski definition) is 2. The fraction of sp³-hybridized carbons (Fsp3) is 0.227. The van der Waals surface area contributed by atoms with Crippen LogP contribution in [-0.4, -0.2) is 30.1 Å². The molecule has 3 aromatic rings. The number of nitrogens with one attached hydrogen (secondary N) is 2. The minimum atomic E-state index is -0.129. The molecule has 148 valence electrons. The summed E-state index contributed by atoms with van der Waals surface area (Å²) in [5.74, 6) is 1.73. The number of ether oxygens (including phenoxy) is 2. The highest BCUT2D eigenvalue weighted by molar-refractivity contribution is 5.95. The summed E-state index contributed by atoms with van der Waals surface area (Å²) in [6.07, 6.45) is 5.04. The van der Waals surface area contributed by atoms with Crippen LogP contribution >= 0.6 is 0 Å². The van der Waals surface area contributed by atoms with Gasteiger partial charge in [0.15, 0.2) is 11.5 Å². The summed E-state index contributed by atoms with van der Waals surface area (Å²) in [5, 5.41) is 6.24. The minimum absolute atomic E-state index is 0.0635. The first-order valence-electron chi connectivity index (χ1n) is 9.37. The van der Waals surface area contributed by atoms with Gasteiger partial charge in [-0.3, -0.25) is 4.79 Å². The van der Waals surface area contributed by atoms with Crippen LogP contribution in [0.4, 0.5) is 11.6 Å². The molecule has 4 rings (SSSR count). The maximum atomic E-state index is 12.9. The number of carbonyl (C=O) groups is 1. The van der Waals surface area contributed by atoms with E-state index < -0.39 is 0 Å². The van der Waals surface area contributed by atoms with E-state index in [1.807, 2.05) is 24.3 Å². The lowest BCUT2D eigenvalue weighted by atomic mass is 10.1. The molecule has 7 heteroatoms. The van der Waals surface area contributed by atoms with Gasteiger partial charge in [0.25, 0.3) is 5.91 Å². The van der Waals surface area contributed by atoms with Crippen molar-refractivity contribution in [1.29, 1.82) is 0 Å². The van der Waals surface area contributed by atoms with Gasteiger partial charge in [-0.1, -0.05) is 6.07 Å². The van der Waals surface area contributed by atoms with Crippen LogP contribution in [0.5, 0.6) is 11.5 Å². The number of aryl methyl sites for hydroxylation is 1. The Kier molecular flexibility index (Phi) is 5.29. The first-order valence-corrected chi connectivity index (χ1v) is 9.37. The van der Waals surface area contributed by atoms with Crippen molar-refractivity contribution in [1.82, 2.24) is 15.3 Å². The van der Waals surface area contributed by atoms with Crippen molar-refractivity contribution in [3.05, 3.63) is 71.5 Å². The Hall–Kier alpha value is -3.61. The molecule has 0 spiro atoms. The zero-order valence-electron chi connectivity index (χ0n) is 16.3. The number of fused-ring (bicyclic) bond motifs is 1. The molecule has 1 aromatic heterocycles. The molecule has 2 aromatic carbocycles. The average molecular weight is 390 g/mol. The van der Waals surface area contributed by atoms with Crippen LogP contribution in [0.25, 0.3) is 0 Å². The Morgan fingerprint density at radius 3 is 2.55 bits per heavy atom. The molecule has 0 saturated carbocycles. The molecule has 1 atom stereocenters. The maximum absolute atomic E-state index is 12.9. The van der Waals surface area contributed by atoms with Crippen LogP contribution in [0.2, 0.25) is 0 Å². The largest absolute Gasteiger partial charge is 0.493 e. The second-order valence-corrected chi connectivity index (χ2v) is 6.75. The molecule has 1 unspecified atom stereocenters. The lowest BCUT2D eigenvalue weighted by molar-refractivity contribution is 0.0936. The molecule has 1 heterocycles. The van der Waals surface area contributed by atoms with Crippen LogP contribution in [0.3, 0.4) is 0 Å². The van der Waals surface area contributed by atoms with Crippen molar-refractivity contribution in [3.8, 4) is 11.5 Å². The predicted octanol–water partition coefficient (Wildman–Crippen LogP) is 3.65. The van der Waals surface area contributed by atoms with Gasteiger partial charge < -0.3 is 20.1 Å². The monoisotopic (exact) mass is 390 g/mol. The van der Waals surface area contributed by atoms with Crippen molar-refractivity contribution in [2.75, 3.05) is 19.5 Å². The van der Waals surface area contributed by atoms with Crippen LogP contribution < -0.4 is 20.1 Å². The standard InChI is InChI=1S/C22H22N4O3/c1-28-19-12-14-7-8-18(17(14)13-20(19)29-2)26-21(27)15-5-3-6-16(11-15)25-22-23-9-4-10-24-22/h3-6,9-13,18H,7-8H2,1-2H3,(H,26,27)(H,23,24,25). The van der Waals surface area contributed by atoms with E-state index in [0.717, 1.165) is 24.1 Å². The number of methoxy groups -OCH3 is 2. The van der Waals surface area contributed by atoms with Crippen LogP contribution in [0, 0.1) is 0 Å². The fourth-order valence-electron chi connectivity index (χ4n) is 3.56. The number of nitrogens with zero attached hydrogens (tertiary/aromatic N) is 2. The van der Waals surface area contributed by atoms with E-state index in [4.69, 9.17) is 9.47 Å². The van der Waals surface area contributed by atoms with E-state index in [2.05, 4.69) is 20.6 Å². The SMILES string of the molecule is COc1cc2c(cc1OC)C(NC(=O)c1cccc(Nc3ncccn3)c1)CC2. The first kappa shape index (κ1) is 18.7. The van der Waals surface area contributed by atoms with Crippen molar-refractivity contribution >= 4 is 17.5 Å². The molecule has 1 aliphatic carbocycles. The van der Waals surface area contributed by atoms with Crippen molar-refractivity contribution < 1.29 is 14.3 Å². The maximum Gasteiger partial charge on any atom is 0.251 e. The summed E-state index contributed by atoms with van der Waals surface area (Å²) in [6.45, 7) is 0. The van der Waals surface area contributed by atoms with E-state index in [9.17, 15) is 4.79 Å².